The summed E-state index contributed by atoms with van der Waals surface area (Å²) < 4.78 is 42.5. The molecule has 0 aliphatic rings. The molecular formula is C11H6F3N3O. The monoisotopic (exact) mass is 253 g/mol. The number of rotatable bonds is 1. The Hall–Kier alpha value is -2.31. The third kappa shape index (κ3) is 1.73. The van der Waals surface area contributed by atoms with E-state index in [1.807, 2.05) is 5.10 Å². The zero-order valence-electron chi connectivity index (χ0n) is 8.82. The van der Waals surface area contributed by atoms with Crippen molar-refractivity contribution in [2.24, 2.45) is 0 Å². The SMILES string of the molecule is FC(F)(F)c1cc(-c2nc3ccccc3o2)n[nH]1. The Kier molecular flexibility index (Phi) is 2.16. The van der Waals surface area contributed by atoms with E-state index in [2.05, 4.69) is 10.1 Å². The van der Waals surface area contributed by atoms with Gasteiger partial charge in [-0.1, -0.05) is 12.1 Å². The molecule has 1 N–H and O–H groups in total. The topological polar surface area (TPSA) is 54.7 Å². The van der Waals surface area contributed by atoms with E-state index < -0.39 is 11.9 Å². The third-order valence-electron chi connectivity index (χ3n) is 2.40. The number of aromatic nitrogens is 3. The quantitative estimate of drug-likeness (QED) is 0.724. The van der Waals surface area contributed by atoms with E-state index in [9.17, 15) is 13.2 Å². The van der Waals surface area contributed by atoms with Crippen molar-refractivity contribution in [1.82, 2.24) is 15.2 Å². The van der Waals surface area contributed by atoms with Gasteiger partial charge in [-0.3, -0.25) is 5.10 Å². The molecule has 0 amide bonds. The summed E-state index contributed by atoms with van der Waals surface area (Å²) >= 11 is 0. The van der Waals surface area contributed by atoms with Crippen LogP contribution in [0.25, 0.3) is 22.7 Å². The number of halogens is 3. The summed E-state index contributed by atoms with van der Waals surface area (Å²) in [7, 11) is 0. The van der Waals surface area contributed by atoms with Crippen LogP contribution in [0.3, 0.4) is 0 Å². The molecule has 4 nitrogen and oxygen atoms in total. The number of nitrogens with one attached hydrogen (secondary N) is 1. The van der Waals surface area contributed by atoms with Gasteiger partial charge in [0.25, 0.3) is 0 Å². The molecule has 2 aromatic heterocycles. The Morgan fingerprint density at radius 2 is 1.94 bits per heavy atom. The number of hydrogen-bond acceptors (Lipinski definition) is 3. The number of oxazole rings is 1. The predicted molar refractivity (Wildman–Crippen MR) is 56.6 cm³/mol. The van der Waals surface area contributed by atoms with Crippen LogP contribution in [0, 0.1) is 0 Å². The van der Waals surface area contributed by atoms with E-state index in [-0.39, 0.29) is 11.6 Å². The van der Waals surface area contributed by atoms with Gasteiger partial charge < -0.3 is 4.42 Å². The van der Waals surface area contributed by atoms with Crippen molar-refractivity contribution >= 4 is 11.1 Å². The van der Waals surface area contributed by atoms with Gasteiger partial charge in [-0.15, -0.1) is 0 Å². The number of benzene rings is 1. The fourth-order valence-electron chi connectivity index (χ4n) is 1.56. The minimum Gasteiger partial charge on any atom is -0.435 e. The molecule has 7 heteroatoms. The zero-order chi connectivity index (χ0) is 12.8. The second kappa shape index (κ2) is 3.59. The van der Waals surface area contributed by atoms with E-state index >= 15 is 0 Å². The fourth-order valence-corrected chi connectivity index (χ4v) is 1.56. The minimum atomic E-state index is -4.46. The second-order valence-electron chi connectivity index (χ2n) is 3.65. The molecule has 0 radical (unpaired) electrons. The highest BCUT2D eigenvalue weighted by atomic mass is 19.4. The number of hydrogen-bond donors (Lipinski definition) is 1. The molecule has 0 aliphatic heterocycles. The molecule has 0 unspecified atom stereocenters. The van der Waals surface area contributed by atoms with Crippen molar-refractivity contribution in [3.8, 4) is 11.6 Å². The first-order chi connectivity index (χ1) is 8.54. The summed E-state index contributed by atoms with van der Waals surface area (Å²) in [5.74, 6) is 0.0583. The average Bonchev–Trinajstić information content (AvgIpc) is 2.94. The van der Waals surface area contributed by atoms with E-state index in [1.54, 1.807) is 24.3 Å². The van der Waals surface area contributed by atoms with Gasteiger partial charge in [-0.05, 0) is 12.1 Å². The highest BCUT2D eigenvalue weighted by Crippen LogP contribution is 2.30. The smallest absolute Gasteiger partial charge is 0.432 e. The number of alkyl halides is 3. The standard InChI is InChI=1S/C11H6F3N3O/c12-11(13,14)9-5-7(16-17-9)10-15-6-3-1-2-4-8(6)18-10/h1-5H,(H,16,17). The van der Waals surface area contributed by atoms with Crippen LogP contribution in [0.2, 0.25) is 0 Å². The highest BCUT2D eigenvalue weighted by Gasteiger charge is 2.33. The number of nitrogens with zero attached hydrogens (tertiary/aromatic N) is 2. The Labute approximate surface area is 98.4 Å². The van der Waals surface area contributed by atoms with Gasteiger partial charge >= 0.3 is 6.18 Å². The maximum Gasteiger partial charge on any atom is 0.432 e. The molecule has 0 atom stereocenters. The zero-order valence-corrected chi connectivity index (χ0v) is 8.82. The van der Waals surface area contributed by atoms with E-state index in [1.165, 1.54) is 0 Å². The van der Waals surface area contributed by atoms with Gasteiger partial charge in [0.05, 0.1) is 0 Å². The minimum absolute atomic E-state index is 0.0264. The van der Waals surface area contributed by atoms with Crippen molar-refractivity contribution in [3.63, 3.8) is 0 Å². The van der Waals surface area contributed by atoms with Crippen LogP contribution >= 0.6 is 0 Å². The maximum atomic E-state index is 12.4. The van der Waals surface area contributed by atoms with Crippen LogP contribution in [0.1, 0.15) is 5.69 Å². The Balaban J connectivity index is 2.06. The Morgan fingerprint density at radius 3 is 2.61 bits per heavy atom. The molecule has 0 fully saturated rings. The van der Waals surface area contributed by atoms with Gasteiger partial charge in [0.15, 0.2) is 5.58 Å². The molecule has 0 aliphatic carbocycles. The molecule has 2 heterocycles. The van der Waals surface area contributed by atoms with Crippen LogP contribution in [0.5, 0.6) is 0 Å². The molecule has 0 bridgehead atoms. The summed E-state index contributed by atoms with van der Waals surface area (Å²) in [6.45, 7) is 0. The second-order valence-corrected chi connectivity index (χ2v) is 3.65. The lowest BCUT2D eigenvalue weighted by Crippen LogP contribution is -2.04. The van der Waals surface area contributed by atoms with Gasteiger partial charge in [0.2, 0.25) is 5.89 Å². The van der Waals surface area contributed by atoms with E-state index in [0.717, 1.165) is 6.07 Å². The van der Waals surface area contributed by atoms with Gasteiger partial charge in [0, 0.05) is 6.07 Å². The largest absolute Gasteiger partial charge is 0.435 e. The molecule has 3 aromatic rings. The molecule has 1 aromatic carbocycles. The predicted octanol–water partition coefficient (Wildman–Crippen LogP) is 3.24. The van der Waals surface area contributed by atoms with Crippen LogP contribution in [0.4, 0.5) is 13.2 Å². The van der Waals surface area contributed by atoms with E-state index in [4.69, 9.17) is 4.42 Å². The number of fused-ring (bicyclic) bond motifs is 1. The molecule has 92 valence electrons. The third-order valence-corrected chi connectivity index (χ3v) is 2.40. The Morgan fingerprint density at radius 1 is 1.17 bits per heavy atom. The fraction of sp³-hybridized carbons (Fsp3) is 0.0909. The van der Waals surface area contributed by atoms with Crippen molar-refractivity contribution in [2.75, 3.05) is 0 Å². The van der Waals surface area contributed by atoms with Gasteiger partial charge in [-0.2, -0.15) is 18.3 Å². The lowest BCUT2D eigenvalue weighted by atomic mass is 10.3. The number of para-hydroxylation sites is 2. The normalized spacial score (nSPS) is 12.2. The molecular weight excluding hydrogens is 247 g/mol. The highest BCUT2D eigenvalue weighted by molar-refractivity contribution is 5.75. The van der Waals surface area contributed by atoms with Gasteiger partial charge in [0.1, 0.15) is 16.9 Å². The summed E-state index contributed by atoms with van der Waals surface area (Å²) in [6, 6.07) is 7.77. The summed E-state index contributed by atoms with van der Waals surface area (Å²) in [6.07, 6.45) is -4.46. The molecule has 0 saturated carbocycles. The average molecular weight is 253 g/mol. The molecule has 18 heavy (non-hydrogen) atoms. The number of H-pyrrole nitrogens is 1. The molecule has 0 saturated heterocycles. The summed E-state index contributed by atoms with van der Waals surface area (Å²) in [5, 5.41) is 5.46. The molecule has 3 rings (SSSR count). The maximum absolute atomic E-state index is 12.4. The van der Waals surface area contributed by atoms with Crippen LogP contribution in [-0.2, 0) is 6.18 Å². The van der Waals surface area contributed by atoms with Crippen LogP contribution < -0.4 is 0 Å². The van der Waals surface area contributed by atoms with Crippen molar-refractivity contribution in [2.45, 2.75) is 6.18 Å². The lowest BCUT2D eigenvalue weighted by molar-refractivity contribution is -0.141. The van der Waals surface area contributed by atoms with E-state index in [0.29, 0.717) is 11.1 Å². The van der Waals surface area contributed by atoms with Gasteiger partial charge in [-0.25, -0.2) is 4.98 Å². The molecule has 0 spiro atoms. The van der Waals surface area contributed by atoms with Crippen LogP contribution in [-0.4, -0.2) is 15.2 Å². The van der Waals surface area contributed by atoms with Crippen molar-refractivity contribution < 1.29 is 17.6 Å². The first-order valence-corrected chi connectivity index (χ1v) is 5.02. The number of aromatic amines is 1. The lowest BCUT2D eigenvalue weighted by Gasteiger charge is -1.99. The first kappa shape index (κ1) is 10.8. The van der Waals surface area contributed by atoms with Crippen LogP contribution in [0.15, 0.2) is 34.7 Å². The summed E-state index contributed by atoms with van der Waals surface area (Å²) in [5.41, 5.74) is 0.173. The van der Waals surface area contributed by atoms with Crippen molar-refractivity contribution in [1.29, 1.82) is 0 Å². The van der Waals surface area contributed by atoms with Crippen molar-refractivity contribution in [3.05, 3.63) is 36.0 Å². The summed E-state index contributed by atoms with van der Waals surface area (Å²) in [4.78, 5) is 4.06. The Bertz CT molecular complexity index is 666. The first-order valence-electron chi connectivity index (χ1n) is 5.02.